The number of halogens is 1. The van der Waals surface area contributed by atoms with E-state index in [1.807, 2.05) is 0 Å². The van der Waals surface area contributed by atoms with Crippen LogP contribution in [0, 0.1) is 5.92 Å². The van der Waals surface area contributed by atoms with Gasteiger partial charge in [0.15, 0.2) is 6.61 Å². The van der Waals surface area contributed by atoms with Crippen LogP contribution in [0.2, 0.25) is 5.02 Å². The number of esters is 1. The molecule has 0 bridgehead atoms. The maximum absolute atomic E-state index is 12.5. The van der Waals surface area contributed by atoms with Crippen molar-refractivity contribution in [3.05, 3.63) is 45.3 Å². The first-order valence-electron chi connectivity index (χ1n) is 8.97. The maximum atomic E-state index is 12.5. The van der Waals surface area contributed by atoms with Gasteiger partial charge in [-0.25, -0.2) is 4.79 Å². The Kier molecular flexibility index (Phi) is 6.39. The summed E-state index contributed by atoms with van der Waals surface area (Å²) in [5.41, 5.74) is 1.52. The summed E-state index contributed by atoms with van der Waals surface area (Å²) in [6, 6.07) is 6.79. The average molecular weight is 408 g/mol. The van der Waals surface area contributed by atoms with Gasteiger partial charge in [-0.15, -0.1) is 11.3 Å². The largest absolute Gasteiger partial charge is 0.484 e. The van der Waals surface area contributed by atoms with Crippen molar-refractivity contribution in [3.8, 4) is 5.75 Å². The fourth-order valence-corrected chi connectivity index (χ4v) is 4.48. The van der Waals surface area contributed by atoms with Gasteiger partial charge in [-0.3, -0.25) is 4.79 Å². The van der Waals surface area contributed by atoms with Gasteiger partial charge in [0.2, 0.25) is 0 Å². The van der Waals surface area contributed by atoms with Gasteiger partial charge in [0.05, 0.1) is 12.2 Å². The van der Waals surface area contributed by atoms with Gasteiger partial charge in [-0.05, 0) is 61.9 Å². The van der Waals surface area contributed by atoms with Crippen molar-refractivity contribution in [2.45, 2.75) is 33.1 Å². The molecule has 2 aromatic rings. The lowest BCUT2D eigenvalue weighted by atomic mass is 9.88. The molecule has 144 valence electrons. The van der Waals surface area contributed by atoms with Crippen LogP contribution in [0.5, 0.6) is 5.75 Å². The molecule has 0 spiro atoms. The number of fused-ring (bicyclic) bond motifs is 1. The standard InChI is InChI=1S/C20H22ClNO4S/c1-3-25-20(24)18-15-10-12(2)4-9-16(15)27-19(18)22-17(23)11-26-14-7-5-13(21)6-8-14/h5-8,12H,3-4,9-11H2,1-2H3,(H,22,23). The van der Waals surface area contributed by atoms with Crippen LogP contribution in [0.1, 0.15) is 41.1 Å². The Hall–Kier alpha value is -2.05. The zero-order valence-corrected chi connectivity index (χ0v) is 16.9. The van der Waals surface area contributed by atoms with E-state index in [0.29, 0.717) is 33.9 Å². The van der Waals surface area contributed by atoms with E-state index in [1.165, 1.54) is 11.3 Å². The zero-order valence-electron chi connectivity index (χ0n) is 15.3. The second kappa shape index (κ2) is 8.76. The highest BCUT2D eigenvalue weighted by Crippen LogP contribution is 2.40. The first-order valence-corrected chi connectivity index (χ1v) is 10.2. The van der Waals surface area contributed by atoms with Crippen LogP contribution < -0.4 is 10.1 Å². The Labute approximate surface area is 167 Å². The van der Waals surface area contributed by atoms with Gasteiger partial charge < -0.3 is 14.8 Å². The second-order valence-corrected chi connectivity index (χ2v) is 8.11. The van der Waals surface area contributed by atoms with Crippen LogP contribution in [0.3, 0.4) is 0 Å². The van der Waals surface area contributed by atoms with E-state index in [4.69, 9.17) is 21.1 Å². The molecule has 7 heteroatoms. The molecule has 3 rings (SSSR count). The lowest BCUT2D eigenvalue weighted by Gasteiger charge is -2.18. The van der Waals surface area contributed by atoms with Crippen molar-refractivity contribution >= 4 is 39.8 Å². The molecule has 1 unspecified atom stereocenters. The highest BCUT2D eigenvalue weighted by Gasteiger charge is 2.29. The molecule has 0 fully saturated rings. The summed E-state index contributed by atoms with van der Waals surface area (Å²) >= 11 is 7.30. The van der Waals surface area contributed by atoms with Crippen molar-refractivity contribution in [2.24, 2.45) is 5.92 Å². The molecule has 0 aliphatic heterocycles. The third-order valence-corrected chi connectivity index (χ3v) is 5.88. The summed E-state index contributed by atoms with van der Waals surface area (Å²) in [6.45, 7) is 4.10. The van der Waals surface area contributed by atoms with E-state index < -0.39 is 0 Å². The fourth-order valence-electron chi connectivity index (χ4n) is 3.11. The van der Waals surface area contributed by atoms with Crippen LogP contribution in [0.4, 0.5) is 5.00 Å². The number of carbonyl (C=O) groups is 2. The number of hydrogen-bond acceptors (Lipinski definition) is 5. The van der Waals surface area contributed by atoms with E-state index in [9.17, 15) is 9.59 Å². The number of amides is 1. The third-order valence-electron chi connectivity index (χ3n) is 4.42. The van der Waals surface area contributed by atoms with Crippen LogP contribution in [0.25, 0.3) is 0 Å². The summed E-state index contributed by atoms with van der Waals surface area (Å²) in [4.78, 5) is 26.0. The predicted molar refractivity (Wildman–Crippen MR) is 107 cm³/mol. The molecule has 0 saturated carbocycles. The number of nitrogens with one attached hydrogen (secondary N) is 1. The summed E-state index contributed by atoms with van der Waals surface area (Å²) in [7, 11) is 0. The Morgan fingerprint density at radius 1 is 1.30 bits per heavy atom. The number of aryl methyl sites for hydroxylation is 1. The Balaban J connectivity index is 1.74. The summed E-state index contributed by atoms with van der Waals surface area (Å²) in [6.07, 6.45) is 2.84. The first kappa shape index (κ1) is 19.7. The minimum atomic E-state index is -0.377. The van der Waals surface area contributed by atoms with E-state index in [-0.39, 0.29) is 18.5 Å². The topological polar surface area (TPSA) is 64.6 Å². The summed E-state index contributed by atoms with van der Waals surface area (Å²) in [5, 5.41) is 3.99. The van der Waals surface area contributed by atoms with Gasteiger partial charge >= 0.3 is 5.97 Å². The molecule has 0 saturated heterocycles. The Bertz CT molecular complexity index is 831. The van der Waals surface area contributed by atoms with E-state index in [2.05, 4.69) is 12.2 Å². The van der Waals surface area contributed by atoms with Crippen molar-refractivity contribution in [3.63, 3.8) is 0 Å². The van der Waals surface area contributed by atoms with Crippen LogP contribution >= 0.6 is 22.9 Å². The number of rotatable bonds is 6. The quantitative estimate of drug-likeness (QED) is 0.703. The molecule has 1 aromatic heterocycles. The average Bonchev–Trinajstić information content (AvgIpc) is 2.98. The molecule has 1 aliphatic rings. The van der Waals surface area contributed by atoms with Crippen LogP contribution in [-0.2, 0) is 22.4 Å². The maximum Gasteiger partial charge on any atom is 0.341 e. The third kappa shape index (κ3) is 4.82. The van der Waals surface area contributed by atoms with Gasteiger partial charge in [-0.2, -0.15) is 0 Å². The van der Waals surface area contributed by atoms with Crippen molar-refractivity contribution in [1.82, 2.24) is 0 Å². The van der Waals surface area contributed by atoms with E-state index in [1.54, 1.807) is 31.2 Å². The molecule has 1 amide bonds. The SMILES string of the molecule is CCOC(=O)c1c(NC(=O)COc2ccc(Cl)cc2)sc2c1CC(C)CC2. The molecule has 1 atom stereocenters. The van der Waals surface area contributed by atoms with Gasteiger partial charge in [0.1, 0.15) is 10.8 Å². The molecule has 1 N–H and O–H groups in total. The van der Waals surface area contributed by atoms with Crippen molar-refractivity contribution in [1.29, 1.82) is 0 Å². The van der Waals surface area contributed by atoms with Gasteiger partial charge in [-0.1, -0.05) is 18.5 Å². The number of benzene rings is 1. The van der Waals surface area contributed by atoms with E-state index in [0.717, 1.165) is 29.7 Å². The Morgan fingerprint density at radius 2 is 2.04 bits per heavy atom. The minimum absolute atomic E-state index is 0.150. The van der Waals surface area contributed by atoms with Crippen molar-refractivity contribution in [2.75, 3.05) is 18.5 Å². The van der Waals surface area contributed by atoms with E-state index >= 15 is 0 Å². The number of anilines is 1. The molecule has 5 nitrogen and oxygen atoms in total. The molecule has 0 radical (unpaired) electrons. The Morgan fingerprint density at radius 3 is 2.74 bits per heavy atom. The second-order valence-electron chi connectivity index (χ2n) is 6.57. The lowest BCUT2D eigenvalue weighted by Crippen LogP contribution is -2.21. The molecule has 1 aromatic carbocycles. The number of hydrogen-bond donors (Lipinski definition) is 1. The molecular formula is C20H22ClNO4S. The number of thiophene rings is 1. The minimum Gasteiger partial charge on any atom is -0.484 e. The fraction of sp³-hybridized carbons (Fsp3) is 0.400. The molecule has 27 heavy (non-hydrogen) atoms. The van der Waals surface area contributed by atoms with Gasteiger partial charge in [0.25, 0.3) is 5.91 Å². The molecule has 1 heterocycles. The number of ether oxygens (including phenoxy) is 2. The molecular weight excluding hydrogens is 386 g/mol. The van der Waals surface area contributed by atoms with Crippen LogP contribution in [-0.4, -0.2) is 25.1 Å². The monoisotopic (exact) mass is 407 g/mol. The first-order chi connectivity index (χ1) is 13.0. The highest BCUT2D eigenvalue weighted by atomic mass is 35.5. The number of carbonyl (C=O) groups excluding carboxylic acids is 2. The highest BCUT2D eigenvalue weighted by molar-refractivity contribution is 7.17. The zero-order chi connectivity index (χ0) is 19.4. The van der Waals surface area contributed by atoms with Gasteiger partial charge in [0, 0.05) is 9.90 Å². The summed E-state index contributed by atoms with van der Waals surface area (Å²) < 4.78 is 10.7. The summed E-state index contributed by atoms with van der Waals surface area (Å²) in [5.74, 6) is 0.372. The normalized spacial score (nSPS) is 15.7. The lowest BCUT2D eigenvalue weighted by molar-refractivity contribution is -0.118. The predicted octanol–water partition coefficient (Wildman–Crippen LogP) is 4.72. The van der Waals surface area contributed by atoms with Crippen molar-refractivity contribution < 1.29 is 19.1 Å². The molecule has 1 aliphatic carbocycles. The smallest absolute Gasteiger partial charge is 0.341 e. The van der Waals surface area contributed by atoms with Crippen LogP contribution in [0.15, 0.2) is 24.3 Å².